The Morgan fingerprint density at radius 2 is 1.56 bits per heavy atom. The molecule has 2 aromatic heterocycles. The zero-order valence-electron chi connectivity index (χ0n) is 13.0. The average molecular weight is 383 g/mol. The Labute approximate surface area is 147 Å². The number of nitriles is 1. The minimum Gasteiger partial charge on any atom is -0.256 e. The molecule has 0 aliphatic heterocycles. The van der Waals surface area contributed by atoms with Crippen LogP contribution in [0.15, 0.2) is 36.5 Å². The van der Waals surface area contributed by atoms with Crippen molar-refractivity contribution in [2.45, 2.75) is 12.4 Å². The molecule has 1 aromatic carbocycles. The molecule has 27 heavy (non-hydrogen) atoms. The maximum atomic E-state index is 13.2. The highest BCUT2D eigenvalue weighted by atomic mass is 19.4. The Hall–Kier alpha value is -3.42. The van der Waals surface area contributed by atoms with Crippen molar-refractivity contribution in [3.05, 3.63) is 53.3 Å². The molecule has 3 rings (SSSR count). The fourth-order valence-corrected chi connectivity index (χ4v) is 2.35. The molecule has 0 unspecified atom stereocenters. The van der Waals surface area contributed by atoms with Crippen LogP contribution < -0.4 is 0 Å². The van der Waals surface area contributed by atoms with Crippen molar-refractivity contribution in [1.82, 2.24) is 20.4 Å². The van der Waals surface area contributed by atoms with Crippen LogP contribution in [-0.2, 0) is 12.4 Å². The topological polar surface area (TPSA) is 78.2 Å². The highest BCUT2D eigenvalue weighted by molar-refractivity contribution is 5.73. The van der Waals surface area contributed by atoms with E-state index in [2.05, 4.69) is 20.4 Å². The number of halogens is 6. The van der Waals surface area contributed by atoms with Crippen molar-refractivity contribution >= 4 is 0 Å². The zero-order chi connectivity index (χ0) is 19.8. The molecule has 0 fully saturated rings. The normalized spacial score (nSPS) is 12.0. The summed E-state index contributed by atoms with van der Waals surface area (Å²) in [6, 6.07) is 5.63. The lowest BCUT2D eigenvalue weighted by Gasteiger charge is -2.12. The molecule has 0 spiro atoms. The Morgan fingerprint density at radius 3 is 2.19 bits per heavy atom. The number of hydrogen-bond acceptors (Lipinski definition) is 4. The van der Waals surface area contributed by atoms with Crippen molar-refractivity contribution < 1.29 is 26.3 Å². The summed E-state index contributed by atoms with van der Waals surface area (Å²) in [7, 11) is 0. The lowest BCUT2D eigenvalue weighted by atomic mass is 9.99. The van der Waals surface area contributed by atoms with E-state index in [0.29, 0.717) is 18.2 Å². The van der Waals surface area contributed by atoms with Gasteiger partial charge in [0.05, 0.1) is 16.8 Å². The number of aromatic nitrogens is 4. The largest absolute Gasteiger partial charge is 0.416 e. The summed E-state index contributed by atoms with van der Waals surface area (Å²) >= 11 is 0. The molecule has 0 amide bonds. The number of nitrogens with zero attached hydrogens (tertiary/aromatic N) is 4. The molecule has 0 aliphatic rings. The first-order chi connectivity index (χ1) is 12.6. The highest BCUT2D eigenvalue weighted by Gasteiger charge is 2.33. The highest BCUT2D eigenvalue weighted by Crippen LogP contribution is 2.37. The van der Waals surface area contributed by atoms with Crippen molar-refractivity contribution in [3.8, 4) is 28.6 Å². The van der Waals surface area contributed by atoms with Crippen LogP contribution in [0, 0.1) is 11.3 Å². The first-order valence-electron chi connectivity index (χ1n) is 7.17. The standard InChI is InChI=1S/C16H7F6N5/c17-15(18,19)10-1-2-24-12(6-10)8-3-9(5-11(4-8)16(20,21)22)14-13(7-23)25-27-26-14/h1-6H,(H,25,26,27). The minimum atomic E-state index is -4.77. The molecule has 0 bridgehead atoms. The number of aromatic amines is 1. The summed E-state index contributed by atoms with van der Waals surface area (Å²) in [6.45, 7) is 0. The maximum Gasteiger partial charge on any atom is 0.416 e. The molecular formula is C16H7F6N5. The van der Waals surface area contributed by atoms with Gasteiger partial charge in [-0.15, -0.1) is 5.10 Å². The van der Waals surface area contributed by atoms with Crippen LogP contribution in [0.5, 0.6) is 0 Å². The summed E-state index contributed by atoms with van der Waals surface area (Å²) in [6.07, 6.45) is -8.60. The van der Waals surface area contributed by atoms with Gasteiger partial charge in [-0.05, 0) is 30.3 Å². The summed E-state index contributed by atoms with van der Waals surface area (Å²) in [5.74, 6) is 0. The second-order valence-corrected chi connectivity index (χ2v) is 5.37. The molecule has 5 nitrogen and oxygen atoms in total. The molecular weight excluding hydrogens is 376 g/mol. The van der Waals surface area contributed by atoms with E-state index in [4.69, 9.17) is 5.26 Å². The van der Waals surface area contributed by atoms with Gasteiger partial charge in [0.2, 0.25) is 0 Å². The quantitative estimate of drug-likeness (QED) is 0.664. The van der Waals surface area contributed by atoms with E-state index in [1.807, 2.05) is 0 Å². The summed E-state index contributed by atoms with van der Waals surface area (Å²) in [5.41, 5.74) is -3.16. The van der Waals surface area contributed by atoms with Gasteiger partial charge in [0, 0.05) is 17.3 Å². The van der Waals surface area contributed by atoms with Crippen LogP contribution in [0.1, 0.15) is 16.8 Å². The number of alkyl halides is 6. The Kier molecular flexibility index (Phi) is 4.35. The molecule has 0 saturated carbocycles. The molecule has 0 aliphatic carbocycles. The lowest BCUT2D eigenvalue weighted by Crippen LogP contribution is -2.07. The first-order valence-corrected chi connectivity index (χ1v) is 7.17. The minimum absolute atomic E-state index is 0.135. The molecule has 138 valence electrons. The van der Waals surface area contributed by atoms with Gasteiger partial charge >= 0.3 is 12.4 Å². The van der Waals surface area contributed by atoms with E-state index < -0.39 is 23.5 Å². The molecule has 0 saturated heterocycles. The second kappa shape index (κ2) is 6.39. The second-order valence-electron chi connectivity index (χ2n) is 5.37. The van der Waals surface area contributed by atoms with E-state index in [1.54, 1.807) is 6.07 Å². The third kappa shape index (κ3) is 3.74. The van der Waals surface area contributed by atoms with Gasteiger partial charge in [-0.3, -0.25) is 4.98 Å². The lowest BCUT2D eigenvalue weighted by molar-refractivity contribution is -0.138. The smallest absolute Gasteiger partial charge is 0.256 e. The van der Waals surface area contributed by atoms with E-state index in [1.165, 1.54) is 0 Å². The van der Waals surface area contributed by atoms with Crippen LogP contribution in [0.2, 0.25) is 0 Å². The predicted molar refractivity (Wildman–Crippen MR) is 79.8 cm³/mol. The summed E-state index contributed by atoms with van der Waals surface area (Å²) in [4.78, 5) is 3.74. The van der Waals surface area contributed by atoms with E-state index in [-0.39, 0.29) is 28.2 Å². The number of nitrogens with one attached hydrogen (secondary N) is 1. The SMILES string of the molecule is N#Cc1[nH]nnc1-c1cc(-c2cc(C(F)(F)F)ccn2)cc(C(F)(F)F)c1. The van der Waals surface area contributed by atoms with Crippen LogP contribution in [0.3, 0.4) is 0 Å². The van der Waals surface area contributed by atoms with Gasteiger partial charge in [-0.1, -0.05) is 5.21 Å². The number of pyridine rings is 1. The molecule has 3 aromatic rings. The van der Waals surface area contributed by atoms with Crippen LogP contribution in [0.4, 0.5) is 26.3 Å². The predicted octanol–water partition coefficient (Wildman–Crippen LogP) is 4.44. The number of rotatable bonds is 2. The summed E-state index contributed by atoms with van der Waals surface area (Å²) < 4.78 is 78.4. The monoisotopic (exact) mass is 383 g/mol. The van der Waals surface area contributed by atoms with Crippen LogP contribution in [0.25, 0.3) is 22.5 Å². The Bertz CT molecular complexity index is 1030. The first kappa shape index (κ1) is 18.4. The number of hydrogen-bond donors (Lipinski definition) is 1. The van der Waals surface area contributed by atoms with Gasteiger partial charge in [0.15, 0.2) is 5.69 Å². The number of benzene rings is 1. The third-order valence-electron chi connectivity index (χ3n) is 3.58. The van der Waals surface area contributed by atoms with Crippen molar-refractivity contribution in [2.75, 3.05) is 0 Å². The third-order valence-corrected chi connectivity index (χ3v) is 3.58. The van der Waals surface area contributed by atoms with Gasteiger partial charge in [-0.25, -0.2) is 5.10 Å². The molecule has 2 heterocycles. The van der Waals surface area contributed by atoms with Crippen molar-refractivity contribution in [1.29, 1.82) is 5.26 Å². The van der Waals surface area contributed by atoms with Crippen LogP contribution >= 0.6 is 0 Å². The fraction of sp³-hybridized carbons (Fsp3) is 0.125. The fourth-order valence-electron chi connectivity index (χ4n) is 2.35. The summed E-state index contributed by atoms with van der Waals surface area (Å²) in [5, 5.41) is 18.2. The number of H-pyrrole nitrogens is 1. The zero-order valence-corrected chi connectivity index (χ0v) is 13.0. The molecule has 0 radical (unpaired) electrons. The van der Waals surface area contributed by atoms with Gasteiger partial charge in [0.1, 0.15) is 11.8 Å². The van der Waals surface area contributed by atoms with E-state index >= 15 is 0 Å². The van der Waals surface area contributed by atoms with Gasteiger partial charge in [-0.2, -0.15) is 31.6 Å². The molecule has 1 N–H and O–H groups in total. The average Bonchev–Trinajstić information content (AvgIpc) is 3.09. The molecule has 11 heteroatoms. The maximum absolute atomic E-state index is 13.2. The van der Waals surface area contributed by atoms with Gasteiger partial charge in [0.25, 0.3) is 0 Å². The van der Waals surface area contributed by atoms with Crippen LogP contribution in [-0.4, -0.2) is 20.4 Å². The van der Waals surface area contributed by atoms with E-state index in [0.717, 1.165) is 18.3 Å². The van der Waals surface area contributed by atoms with E-state index in [9.17, 15) is 26.3 Å². The Morgan fingerprint density at radius 1 is 0.889 bits per heavy atom. The van der Waals surface area contributed by atoms with Gasteiger partial charge < -0.3 is 0 Å². The molecule has 0 atom stereocenters. The Balaban J connectivity index is 2.22. The van der Waals surface area contributed by atoms with Crippen molar-refractivity contribution in [3.63, 3.8) is 0 Å². The van der Waals surface area contributed by atoms with Crippen molar-refractivity contribution in [2.24, 2.45) is 0 Å².